The Morgan fingerprint density at radius 1 is 1.42 bits per heavy atom. The van der Waals surface area contributed by atoms with E-state index < -0.39 is 0 Å². The van der Waals surface area contributed by atoms with Crippen molar-refractivity contribution in [1.29, 1.82) is 5.26 Å². The summed E-state index contributed by atoms with van der Waals surface area (Å²) >= 11 is 0. The molecule has 1 aromatic heterocycles. The standard InChI is InChI=1S/C12H12N6O/c1-8-17-18-12(19-8)16-10-3-4-11(15-7-14-2)9(5-10)6-13/h3-5,7H,1-2H3,(H,14,15)(H,16,18). The van der Waals surface area contributed by atoms with Crippen molar-refractivity contribution in [2.45, 2.75) is 6.92 Å². The van der Waals surface area contributed by atoms with Crippen LogP contribution in [0.15, 0.2) is 27.6 Å². The van der Waals surface area contributed by atoms with Gasteiger partial charge in [-0.1, -0.05) is 5.10 Å². The van der Waals surface area contributed by atoms with Crippen LogP contribution in [0, 0.1) is 18.3 Å². The van der Waals surface area contributed by atoms with E-state index in [1.54, 1.807) is 32.2 Å². The largest absolute Gasteiger partial charge is 0.408 e. The minimum atomic E-state index is 0.289. The summed E-state index contributed by atoms with van der Waals surface area (Å²) in [5.74, 6) is 0.473. The van der Waals surface area contributed by atoms with E-state index in [4.69, 9.17) is 9.68 Å². The number of rotatable bonds is 4. The maximum atomic E-state index is 9.10. The van der Waals surface area contributed by atoms with Gasteiger partial charge in [0, 0.05) is 19.7 Å². The van der Waals surface area contributed by atoms with E-state index >= 15 is 0 Å². The van der Waals surface area contributed by atoms with E-state index in [0.717, 1.165) is 0 Å². The second-order valence-corrected chi connectivity index (χ2v) is 3.66. The van der Waals surface area contributed by atoms with Crippen LogP contribution < -0.4 is 10.6 Å². The summed E-state index contributed by atoms with van der Waals surface area (Å²) in [6, 6.07) is 7.65. The Hall–Kier alpha value is -2.88. The van der Waals surface area contributed by atoms with Gasteiger partial charge < -0.3 is 15.1 Å². The van der Waals surface area contributed by atoms with Gasteiger partial charge in [-0.25, -0.2) is 0 Å². The Morgan fingerprint density at radius 3 is 2.89 bits per heavy atom. The van der Waals surface area contributed by atoms with Crippen LogP contribution in [0.3, 0.4) is 0 Å². The average Bonchev–Trinajstić information content (AvgIpc) is 2.82. The molecule has 0 aliphatic heterocycles. The summed E-state index contributed by atoms with van der Waals surface area (Å²) in [7, 11) is 1.65. The van der Waals surface area contributed by atoms with Crippen LogP contribution >= 0.6 is 0 Å². The molecule has 0 spiro atoms. The predicted octanol–water partition coefficient (Wildman–Crippen LogP) is 2.06. The van der Waals surface area contributed by atoms with Crippen molar-refractivity contribution in [2.24, 2.45) is 4.99 Å². The lowest BCUT2D eigenvalue weighted by atomic mass is 10.1. The monoisotopic (exact) mass is 256 g/mol. The first kappa shape index (κ1) is 12.6. The Bertz CT molecular complexity index is 640. The molecule has 1 aromatic carbocycles. The van der Waals surface area contributed by atoms with Gasteiger partial charge in [0.1, 0.15) is 6.07 Å². The first-order chi connectivity index (χ1) is 9.22. The van der Waals surface area contributed by atoms with Gasteiger partial charge >= 0.3 is 6.01 Å². The molecule has 7 nitrogen and oxygen atoms in total. The van der Waals surface area contributed by atoms with Crippen LogP contribution in [0.1, 0.15) is 11.5 Å². The van der Waals surface area contributed by atoms with Gasteiger partial charge in [-0.05, 0) is 18.2 Å². The molecule has 0 atom stereocenters. The first-order valence-corrected chi connectivity index (χ1v) is 5.51. The fraction of sp³-hybridized carbons (Fsp3) is 0.167. The number of nitrogens with one attached hydrogen (secondary N) is 2. The van der Waals surface area contributed by atoms with Gasteiger partial charge in [0.05, 0.1) is 17.6 Å². The molecule has 7 heteroatoms. The lowest BCUT2D eigenvalue weighted by Crippen LogP contribution is -1.98. The molecule has 0 radical (unpaired) electrons. The third kappa shape index (κ3) is 3.07. The highest BCUT2D eigenvalue weighted by Gasteiger charge is 2.06. The van der Waals surface area contributed by atoms with Gasteiger partial charge in [-0.2, -0.15) is 5.26 Å². The summed E-state index contributed by atoms with van der Waals surface area (Å²) in [5.41, 5.74) is 1.86. The second kappa shape index (κ2) is 5.64. The normalized spacial score (nSPS) is 10.4. The van der Waals surface area contributed by atoms with Crippen molar-refractivity contribution in [3.63, 3.8) is 0 Å². The number of hydrogen-bond acceptors (Lipinski definition) is 6. The van der Waals surface area contributed by atoms with Crippen LogP contribution in [-0.4, -0.2) is 23.6 Å². The van der Waals surface area contributed by atoms with Crippen molar-refractivity contribution < 1.29 is 4.42 Å². The highest BCUT2D eigenvalue weighted by Crippen LogP contribution is 2.22. The average molecular weight is 256 g/mol. The molecule has 0 bridgehead atoms. The van der Waals surface area contributed by atoms with Crippen LogP contribution in [-0.2, 0) is 0 Å². The van der Waals surface area contributed by atoms with Crippen molar-refractivity contribution in [3.05, 3.63) is 29.7 Å². The molecular weight excluding hydrogens is 244 g/mol. The number of anilines is 3. The van der Waals surface area contributed by atoms with E-state index in [1.807, 2.05) is 0 Å². The maximum Gasteiger partial charge on any atom is 0.320 e. The fourth-order valence-corrected chi connectivity index (χ4v) is 1.45. The molecule has 2 N–H and O–H groups in total. The highest BCUT2D eigenvalue weighted by atomic mass is 16.4. The maximum absolute atomic E-state index is 9.10. The minimum absolute atomic E-state index is 0.289. The van der Waals surface area contributed by atoms with E-state index in [9.17, 15) is 0 Å². The van der Waals surface area contributed by atoms with Gasteiger partial charge in [0.15, 0.2) is 0 Å². The van der Waals surface area contributed by atoms with Crippen molar-refractivity contribution in [3.8, 4) is 6.07 Å². The molecular formula is C12H12N6O. The Labute approximate surface area is 110 Å². The Balaban J connectivity index is 2.21. The molecule has 0 aliphatic rings. The van der Waals surface area contributed by atoms with Crippen molar-refractivity contribution in [2.75, 3.05) is 17.7 Å². The lowest BCUT2D eigenvalue weighted by molar-refractivity contribution is 0.535. The smallest absolute Gasteiger partial charge is 0.320 e. The van der Waals surface area contributed by atoms with Gasteiger partial charge in [-0.15, -0.1) is 5.10 Å². The van der Waals surface area contributed by atoms with E-state index in [0.29, 0.717) is 22.8 Å². The van der Waals surface area contributed by atoms with E-state index in [1.165, 1.54) is 6.34 Å². The zero-order chi connectivity index (χ0) is 13.7. The number of aliphatic imine (C=N–C) groups is 1. The van der Waals surface area contributed by atoms with Crippen LogP contribution in [0.4, 0.5) is 17.4 Å². The summed E-state index contributed by atoms with van der Waals surface area (Å²) in [6.45, 7) is 1.70. The molecule has 0 amide bonds. The molecule has 0 unspecified atom stereocenters. The Morgan fingerprint density at radius 2 is 2.26 bits per heavy atom. The number of nitriles is 1. The lowest BCUT2D eigenvalue weighted by Gasteiger charge is -2.06. The quantitative estimate of drug-likeness (QED) is 0.641. The summed E-state index contributed by atoms with van der Waals surface area (Å²) < 4.78 is 5.20. The summed E-state index contributed by atoms with van der Waals surface area (Å²) in [6.07, 6.45) is 1.52. The summed E-state index contributed by atoms with van der Waals surface area (Å²) in [4.78, 5) is 3.80. The molecule has 2 rings (SSSR count). The van der Waals surface area contributed by atoms with Gasteiger partial charge in [0.2, 0.25) is 5.89 Å². The second-order valence-electron chi connectivity index (χ2n) is 3.66. The molecule has 0 fully saturated rings. The number of hydrogen-bond donors (Lipinski definition) is 2. The van der Waals surface area contributed by atoms with Crippen LogP contribution in [0.2, 0.25) is 0 Å². The fourth-order valence-electron chi connectivity index (χ4n) is 1.45. The molecule has 1 heterocycles. The molecule has 2 aromatic rings. The van der Waals surface area contributed by atoms with Crippen molar-refractivity contribution in [1.82, 2.24) is 10.2 Å². The molecule has 0 saturated carbocycles. The summed E-state index contributed by atoms with van der Waals surface area (Å²) in [5, 5.41) is 22.5. The molecule has 0 saturated heterocycles. The van der Waals surface area contributed by atoms with Crippen molar-refractivity contribution >= 4 is 23.7 Å². The third-order valence-electron chi connectivity index (χ3n) is 2.27. The Kier molecular flexibility index (Phi) is 3.73. The van der Waals surface area contributed by atoms with E-state index in [-0.39, 0.29) is 6.01 Å². The minimum Gasteiger partial charge on any atom is -0.408 e. The van der Waals surface area contributed by atoms with Crippen LogP contribution in [0.5, 0.6) is 0 Å². The molecule has 19 heavy (non-hydrogen) atoms. The third-order valence-corrected chi connectivity index (χ3v) is 2.27. The number of aryl methyl sites for hydroxylation is 1. The van der Waals surface area contributed by atoms with Gasteiger partial charge in [0.25, 0.3) is 0 Å². The predicted molar refractivity (Wildman–Crippen MR) is 71.5 cm³/mol. The molecule has 0 aliphatic carbocycles. The van der Waals surface area contributed by atoms with E-state index in [2.05, 4.69) is 31.9 Å². The SMILES string of the molecule is CN=CNc1ccc(Nc2nnc(C)o2)cc1C#N. The number of nitrogens with zero attached hydrogens (tertiary/aromatic N) is 4. The number of benzene rings is 1. The number of aromatic nitrogens is 2. The first-order valence-electron chi connectivity index (χ1n) is 5.51. The zero-order valence-corrected chi connectivity index (χ0v) is 10.5. The topological polar surface area (TPSA) is 99.1 Å². The highest BCUT2D eigenvalue weighted by molar-refractivity contribution is 5.80. The van der Waals surface area contributed by atoms with Gasteiger partial charge in [-0.3, -0.25) is 4.99 Å². The molecule has 96 valence electrons. The zero-order valence-electron chi connectivity index (χ0n) is 10.5. The van der Waals surface area contributed by atoms with Crippen LogP contribution in [0.25, 0.3) is 0 Å².